The fourth-order valence-corrected chi connectivity index (χ4v) is 0.421. The van der Waals surface area contributed by atoms with Crippen molar-refractivity contribution < 1.29 is 0 Å². The molecule has 7 nitrogen and oxygen atoms in total. The van der Waals surface area contributed by atoms with E-state index in [2.05, 4.69) is 15.5 Å². The first-order chi connectivity index (χ1) is 5.56. The number of hydrazone groups is 1. The van der Waals surface area contributed by atoms with Crippen molar-refractivity contribution in [3.05, 3.63) is 0 Å². The van der Waals surface area contributed by atoms with Gasteiger partial charge in [-0.05, 0) is 6.42 Å². The van der Waals surface area contributed by atoms with Gasteiger partial charge in [-0.2, -0.15) is 0 Å². The maximum absolute atomic E-state index is 5.46. The van der Waals surface area contributed by atoms with Crippen molar-refractivity contribution in [2.45, 2.75) is 19.5 Å². The fraction of sp³-hybridized carbons (Fsp3) is 0.600. The first kappa shape index (κ1) is 10.5. The van der Waals surface area contributed by atoms with Gasteiger partial charge in [-0.3, -0.25) is 0 Å². The van der Waals surface area contributed by atoms with Crippen molar-refractivity contribution in [3.63, 3.8) is 0 Å². The average molecular weight is 173 g/mol. The molecule has 0 aliphatic carbocycles. The number of nitrogens with zero attached hydrogens (tertiary/aromatic N) is 2. The maximum Gasteiger partial charge on any atom is 0.211 e. The SMILES string of the molecule is CCC(N)N=C(N)NN=C(N)N. The standard InChI is InChI=1S/C5H15N7/c1-2-3(6)10-5(9)12-11-4(7)8/h3H,2,6H2,1H3,(H4,7,8,11)(H3,9,10,12). The Morgan fingerprint density at radius 2 is 2.00 bits per heavy atom. The summed E-state index contributed by atoms with van der Waals surface area (Å²) in [4.78, 5) is 3.81. The van der Waals surface area contributed by atoms with Gasteiger partial charge < -0.3 is 22.9 Å². The lowest BCUT2D eigenvalue weighted by molar-refractivity contribution is 0.677. The number of rotatable bonds is 3. The largest absolute Gasteiger partial charge is 0.369 e. The van der Waals surface area contributed by atoms with Crippen LogP contribution in [-0.4, -0.2) is 18.1 Å². The Hall–Kier alpha value is -1.50. The Bertz CT molecular complexity index is 180. The average Bonchev–Trinajstić information content (AvgIpc) is 2.00. The Kier molecular flexibility index (Phi) is 4.54. The zero-order valence-corrected chi connectivity index (χ0v) is 6.99. The molecule has 0 aromatic rings. The summed E-state index contributed by atoms with van der Waals surface area (Å²) in [5.41, 5.74) is 23.2. The molecule has 0 aliphatic rings. The molecule has 0 saturated heterocycles. The lowest BCUT2D eigenvalue weighted by Crippen LogP contribution is -2.35. The molecule has 0 aromatic heterocycles. The van der Waals surface area contributed by atoms with Crippen LogP contribution in [0.1, 0.15) is 13.3 Å². The van der Waals surface area contributed by atoms with E-state index in [1.807, 2.05) is 6.92 Å². The van der Waals surface area contributed by atoms with Crippen molar-refractivity contribution in [1.82, 2.24) is 5.43 Å². The Balaban J connectivity index is 3.94. The molecule has 0 radical (unpaired) electrons. The second-order valence-corrected chi connectivity index (χ2v) is 2.14. The van der Waals surface area contributed by atoms with E-state index in [9.17, 15) is 0 Å². The normalized spacial score (nSPS) is 13.7. The molecule has 0 amide bonds. The van der Waals surface area contributed by atoms with Gasteiger partial charge in [-0.25, -0.2) is 10.4 Å². The number of aliphatic imine (C=N–C) groups is 1. The van der Waals surface area contributed by atoms with E-state index in [-0.39, 0.29) is 18.1 Å². The summed E-state index contributed by atoms with van der Waals surface area (Å²) in [5.74, 6) is -0.0176. The molecule has 0 saturated carbocycles. The van der Waals surface area contributed by atoms with Crippen molar-refractivity contribution >= 4 is 11.9 Å². The second-order valence-electron chi connectivity index (χ2n) is 2.14. The van der Waals surface area contributed by atoms with Crippen LogP contribution >= 0.6 is 0 Å². The highest BCUT2D eigenvalue weighted by Gasteiger charge is 1.95. The van der Waals surface area contributed by atoms with E-state index in [1.54, 1.807) is 0 Å². The van der Waals surface area contributed by atoms with E-state index in [4.69, 9.17) is 22.9 Å². The van der Waals surface area contributed by atoms with Crippen LogP contribution in [0.25, 0.3) is 0 Å². The molecule has 0 heterocycles. The summed E-state index contributed by atoms with van der Waals surface area (Å²) < 4.78 is 0. The van der Waals surface area contributed by atoms with Gasteiger partial charge in [0.25, 0.3) is 0 Å². The minimum atomic E-state index is -0.327. The summed E-state index contributed by atoms with van der Waals surface area (Å²) >= 11 is 0. The highest BCUT2D eigenvalue weighted by molar-refractivity contribution is 5.81. The van der Waals surface area contributed by atoms with E-state index in [1.165, 1.54) is 0 Å². The van der Waals surface area contributed by atoms with Crippen LogP contribution < -0.4 is 28.4 Å². The zero-order chi connectivity index (χ0) is 9.56. The van der Waals surface area contributed by atoms with Gasteiger partial charge in [0.15, 0.2) is 0 Å². The van der Waals surface area contributed by atoms with E-state index in [0.717, 1.165) is 0 Å². The molecule has 70 valence electrons. The van der Waals surface area contributed by atoms with Gasteiger partial charge >= 0.3 is 0 Å². The summed E-state index contributed by atoms with van der Waals surface area (Å²) in [5, 5.41) is 3.42. The van der Waals surface area contributed by atoms with Crippen molar-refractivity contribution in [2.24, 2.45) is 33.0 Å². The van der Waals surface area contributed by atoms with Crippen LogP contribution in [0.5, 0.6) is 0 Å². The third kappa shape index (κ3) is 5.30. The monoisotopic (exact) mass is 173 g/mol. The summed E-state index contributed by atoms with van der Waals surface area (Å²) in [7, 11) is 0. The lowest BCUT2D eigenvalue weighted by atomic mass is 10.4. The summed E-state index contributed by atoms with van der Waals surface area (Å²) in [6.07, 6.45) is 0.371. The Morgan fingerprint density at radius 1 is 1.42 bits per heavy atom. The minimum Gasteiger partial charge on any atom is -0.369 e. The summed E-state index contributed by atoms with van der Waals surface area (Å²) in [6.45, 7) is 1.89. The number of nitrogens with one attached hydrogen (secondary N) is 1. The highest BCUT2D eigenvalue weighted by Crippen LogP contribution is 1.85. The molecule has 1 atom stereocenters. The predicted octanol–water partition coefficient (Wildman–Crippen LogP) is -2.23. The second kappa shape index (κ2) is 5.19. The third-order valence-electron chi connectivity index (χ3n) is 1.02. The smallest absolute Gasteiger partial charge is 0.211 e. The highest BCUT2D eigenvalue weighted by atomic mass is 15.4. The molecule has 1 unspecified atom stereocenters. The molecule has 0 aliphatic heterocycles. The Morgan fingerprint density at radius 3 is 2.42 bits per heavy atom. The van der Waals surface area contributed by atoms with Crippen molar-refractivity contribution in [2.75, 3.05) is 0 Å². The maximum atomic E-state index is 5.46. The predicted molar refractivity (Wildman–Crippen MR) is 48.8 cm³/mol. The molecular weight excluding hydrogens is 158 g/mol. The van der Waals surface area contributed by atoms with Gasteiger partial charge in [-0.15, -0.1) is 5.10 Å². The van der Waals surface area contributed by atoms with Crippen molar-refractivity contribution in [1.29, 1.82) is 0 Å². The first-order valence-electron chi connectivity index (χ1n) is 3.49. The zero-order valence-electron chi connectivity index (χ0n) is 6.99. The van der Waals surface area contributed by atoms with Crippen LogP contribution in [-0.2, 0) is 0 Å². The first-order valence-corrected chi connectivity index (χ1v) is 3.49. The third-order valence-corrected chi connectivity index (χ3v) is 1.02. The number of hydrogen-bond donors (Lipinski definition) is 5. The number of hydrogen-bond acceptors (Lipinski definition) is 3. The van der Waals surface area contributed by atoms with Gasteiger partial charge in [-0.1, -0.05) is 6.92 Å². The molecule has 7 heteroatoms. The number of guanidine groups is 2. The molecule has 0 rings (SSSR count). The Labute approximate surface area is 70.9 Å². The van der Waals surface area contributed by atoms with Crippen LogP contribution in [0.2, 0.25) is 0 Å². The van der Waals surface area contributed by atoms with E-state index in [0.29, 0.717) is 6.42 Å². The van der Waals surface area contributed by atoms with Gasteiger partial charge in [0.1, 0.15) is 6.17 Å². The van der Waals surface area contributed by atoms with E-state index >= 15 is 0 Å². The van der Waals surface area contributed by atoms with Crippen LogP contribution in [0.15, 0.2) is 10.1 Å². The quantitative estimate of drug-likeness (QED) is 0.187. The number of nitrogens with two attached hydrogens (primary N) is 4. The van der Waals surface area contributed by atoms with Gasteiger partial charge in [0.2, 0.25) is 11.9 Å². The fourth-order valence-electron chi connectivity index (χ4n) is 0.421. The molecular formula is C5H15N7. The summed E-state index contributed by atoms with van der Waals surface area (Å²) in [6, 6.07) is 0. The molecule has 0 aromatic carbocycles. The topological polar surface area (TPSA) is 141 Å². The lowest BCUT2D eigenvalue weighted by Gasteiger charge is -2.04. The van der Waals surface area contributed by atoms with Crippen LogP contribution in [0.4, 0.5) is 0 Å². The van der Waals surface area contributed by atoms with Gasteiger partial charge in [0.05, 0.1) is 0 Å². The van der Waals surface area contributed by atoms with Crippen LogP contribution in [0, 0.1) is 0 Å². The minimum absolute atomic E-state index is 0.0951. The molecule has 12 heavy (non-hydrogen) atoms. The van der Waals surface area contributed by atoms with E-state index < -0.39 is 0 Å². The van der Waals surface area contributed by atoms with Crippen LogP contribution in [0.3, 0.4) is 0 Å². The van der Waals surface area contributed by atoms with Gasteiger partial charge in [0, 0.05) is 0 Å². The molecule has 0 bridgehead atoms. The molecule has 0 fully saturated rings. The molecule has 9 N–H and O–H groups in total. The van der Waals surface area contributed by atoms with Crippen molar-refractivity contribution in [3.8, 4) is 0 Å². The molecule has 0 spiro atoms.